The van der Waals surface area contributed by atoms with Gasteiger partial charge in [0.1, 0.15) is 30.0 Å². The number of hydrogen-bond acceptors (Lipinski definition) is 10. The highest BCUT2D eigenvalue weighted by Crippen LogP contribution is 2.47. The van der Waals surface area contributed by atoms with Crippen LogP contribution in [0.3, 0.4) is 0 Å². The Balaban J connectivity index is 1.00. The lowest BCUT2D eigenvalue weighted by atomic mass is 9.84. The van der Waals surface area contributed by atoms with E-state index in [0.29, 0.717) is 23.7 Å². The van der Waals surface area contributed by atoms with Crippen molar-refractivity contribution in [3.63, 3.8) is 0 Å². The van der Waals surface area contributed by atoms with E-state index in [0.717, 1.165) is 72.3 Å². The van der Waals surface area contributed by atoms with E-state index in [1.807, 2.05) is 55.5 Å². The summed E-state index contributed by atoms with van der Waals surface area (Å²) in [7, 11) is 0. The zero-order valence-electron chi connectivity index (χ0n) is 29.9. The van der Waals surface area contributed by atoms with Crippen LogP contribution < -0.4 is 15.5 Å². The Morgan fingerprint density at radius 3 is 2.00 bits per heavy atom. The number of piperazine rings is 1. The molecule has 7 rings (SSSR count). The largest absolute Gasteiger partial charge is 0.391 e. The lowest BCUT2D eigenvalue weighted by molar-refractivity contribution is -0.207. The molecule has 2 N–H and O–H groups in total. The van der Waals surface area contributed by atoms with Crippen molar-refractivity contribution < 1.29 is 27.8 Å². The van der Waals surface area contributed by atoms with Crippen molar-refractivity contribution in [2.75, 3.05) is 36.0 Å². The van der Waals surface area contributed by atoms with Crippen LogP contribution in [-0.2, 0) is 18.1 Å². The lowest BCUT2D eigenvalue weighted by Crippen LogP contribution is -2.48. The van der Waals surface area contributed by atoms with Gasteiger partial charge in [-0.2, -0.15) is 13.9 Å². The number of aliphatic hydroxyl groups is 2. The van der Waals surface area contributed by atoms with E-state index in [4.69, 9.17) is 0 Å². The summed E-state index contributed by atoms with van der Waals surface area (Å²) in [6.45, 7) is 5.61. The Labute approximate surface area is 312 Å². The van der Waals surface area contributed by atoms with Gasteiger partial charge in [0, 0.05) is 60.9 Å². The monoisotopic (exact) mass is 758 g/mol. The summed E-state index contributed by atoms with van der Waals surface area (Å²) >= 11 is 0. The molecule has 3 atom stereocenters. The molecular formula is C38H38F4N10O3. The minimum absolute atomic E-state index is 0.308. The summed E-state index contributed by atoms with van der Waals surface area (Å²) in [4.78, 5) is 21.5. The Kier molecular flexibility index (Phi) is 10.2. The maximum Gasteiger partial charge on any atom is 0.350 e. The Morgan fingerprint density at radius 2 is 1.45 bits per heavy atom. The number of aromatic nitrogens is 8. The third-order valence-corrected chi connectivity index (χ3v) is 10.1. The van der Waals surface area contributed by atoms with E-state index in [9.17, 15) is 23.8 Å². The molecule has 0 bridgehead atoms. The number of tetrazole rings is 1. The van der Waals surface area contributed by atoms with Crippen molar-refractivity contribution in [2.24, 2.45) is 0 Å². The molecule has 13 nitrogen and oxygen atoms in total. The van der Waals surface area contributed by atoms with Crippen LogP contribution in [0.2, 0.25) is 0 Å². The van der Waals surface area contributed by atoms with Gasteiger partial charge in [0.05, 0.1) is 24.4 Å². The van der Waals surface area contributed by atoms with E-state index in [-0.39, 0.29) is 5.69 Å². The second-order valence-corrected chi connectivity index (χ2v) is 13.5. The second-order valence-electron chi connectivity index (χ2n) is 13.5. The van der Waals surface area contributed by atoms with Gasteiger partial charge in [0.25, 0.3) is 0 Å². The molecule has 17 heteroatoms. The van der Waals surface area contributed by atoms with E-state index >= 15 is 8.78 Å². The van der Waals surface area contributed by atoms with Gasteiger partial charge in [0.15, 0.2) is 5.60 Å². The maximum absolute atomic E-state index is 16.2. The summed E-state index contributed by atoms with van der Waals surface area (Å²) in [5.74, 6) is -6.51. The summed E-state index contributed by atoms with van der Waals surface area (Å²) in [5.41, 5.74) is -1.25. The first kappa shape index (κ1) is 37.4. The topological polar surface area (TPSA) is 143 Å². The van der Waals surface area contributed by atoms with Crippen LogP contribution in [0, 0.1) is 11.6 Å². The Bertz CT molecular complexity index is 2270. The first-order valence-electron chi connectivity index (χ1n) is 17.7. The molecule has 1 aliphatic heterocycles. The van der Waals surface area contributed by atoms with E-state index in [1.54, 1.807) is 6.92 Å². The van der Waals surface area contributed by atoms with Gasteiger partial charge in [-0.3, -0.25) is 4.98 Å². The second kappa shape index (κ2) is 15.1. The number of hydrogen-bond donors (Lipinski definition) is 2. The van der Waals surface area contributed by atoms with Crippen LogP contribution >= 0.6 is 0 Å². The SMILES string of the molecule is CCC(C(C)O)n1ncn(-c2ccc(N3CCN(c4ccc(-c5ccc(C(F)(F)[C@](O)(Cn6cnnn6)c6ccc(F)cc6F)nc5)cc4)CC3)cc2)c1=O. The zero-order chi connectivity index (χ0) is 38.9. The van der Waals surface area contributed by atoms with Crippen LogP contribution in [-0.4, -0.2) is 82.0 Å². The molecule has 0 aliphatic carbocycles. The number of pyridine rings is 1. The summed E-state index contributed by atoms with van der Waals surface area (Å²) in [6, 6.07) is 19.4. The highest BCUT2D eigenvalue weighted by atomic mass is 19.3. The van der Waals surface area contributed by atoms with Crippen molar-refractivity contribution in [1.82, 2.24) is 39.5 Å². The third kappa shape index (κ3) is 7.19. The fourth-order valence-corrected chi connectivity index (χ4v) is 6.98. The molecule has 1 aliphatic rings. The van der Waals surface area contributed by atoms with Gasteiger partial charge in [-0.05, 0) is 83.9 Å². The van der Waals surface area contributed by atoms with Crippen molar-refractivity contribution in [3.8, 4) is 16.8 Å². The Morgan fingerprint density at radius 1 is 0.836 bits per heavy atom. The fourth-order valence-electron chi connectivity index (χ4n) is 6.98. The van der Waals surface area contributed by atoms with Gasteiger partial charge in [-0.15, -0.1) is 5.10 Å². The van der Waals surface area contributed by atoms with Crippen molar-refractivity contribution >= 4 is 11.4 Å². The molecule has 0 saturated carbocycles. The van der Waals surface area contributed by atoms with Crippen LogP contribution in [0.5, 0.6) is 0 Å². The van der Waals surface area contributed by atoms with Gasteiger partial charge in [-0.1, -0.05) is 25.1 Å². The molecule has 0 spiro atoms. The molecule has 1 saturated heterocycles. The third-order valence-electron chi connectivity index (χ3n) is 10.1. The van der Waals surface area contributed by atoms with Crippen molar-refractivity contribution in [1.29, 1.82) is 0 Å². The minimum Gasteiger partial charge on any atom is -0.391 e. The quantitative estimate of drug-likeness (QED) is 0.169. The average molecular weight is 759 g/mol. The van der Waals surface area contributed by atoms with Crippen molar-refractivity contribution in [2.45, 2.75) is 50.5 Å². The standard InChI is InChI=1S/C38H38F4N10O3/c1-3-34(25(2)53)52-36(54)51(24-45-52)31-12-10-30(11-13-31)49-18-16-48(17-19-49)29-8-4-26(5-9-29)27-6-15-35(43-21-27)38(41,42)37(55,22-50-23-44-46-47-50)32-14-7-28(39)20-33(32)40/h4-15,20-21,23-25,34,53,55H,3,16-19,22H2,1-2H3/t25?,34?,37-/m0/s1. The first-order chi connectivity index (χ1) is 26.4. The maximum atomic E-state index is 16.2. The average Bonchev–Trinajstić information content (AvgIpc) is 3.84. The first-order valence-corrected chi connectivity index (χ1v) is 17.7. The zero-order valence-corrected chi connectivity index (χ0v) is 29.9. The van der Waals surface area contributed by atoms with Gasteiger partial charge in [-0.25, -0.2) is 27.5 Å². The molecule has 0 radical (unpaired) electrons. The number of benzene rings is 3. The molecule has 2 unspecified atom stereocenters. The number of nitrogens with zero attached hydrogens (tertiary/aromatic N) is 10. The van der Waals surface area contributed by atoms with Gasteiger partial charge < -0.3 is 20.0 Å². The van der Waals surface area contributed by atoms with Crippen LogP contribution in [0.4, 0.5) is 28.9 Å². The molecule has 1 fully saturated rings. The molecule has 0 amide bonds. The van der Waals surface area contributed by atoms with Gasteiger partial charge >= 0.3 is 11.6 Å². The van der Waals surface area contributed by atoms with Crippen molar-refractivity contribution in [3.05, 3.63) is 131 Å². The van der Waals surface area contributed by atoms with E-state index < -0.39 is 53.1 Å². The molecular weight excluding hydrogens is 720 g/mol. The predicted molar refractivity (Wildman–Crippen MR) is 195 cm³/mol. The number of alkyl halides is 2. The fraction of sp³-hybridized carbons (Fsp3) is 0.316. The normalized spacial score (nSPS) is 15.9. The highest BCUT2D eigenvalue weighted by molar-refractivity contribution is 5.66. The van der Waals surface area contributed by atoms with Crippen LogP contribution in [0.1, 0.15) is 37.6 Å². The minimum atomic E-state index is -4.16. The molecule has 3 aromatic carbocycles. The highest BCUT2D eigenvalue weighted by Gasteiger charge is 2.58. The number of halogens is 4. The van der Waals surface area contributed by atoms with Gasteiger partial charge in [0.2, 0.25) is 0 Å². The summed E-state index contributed by atoms with van der Waals surface area (Å²) in [6.07, 6.45) is 3.58. The summed E-state index contributed by atoms with van der Waals surface area (Å²) < 4.78 is 64.5. The molecule has 286 valence electrons. The molecule has 3 aromatic heterocycles. The predicted octanol–water partition coefficient (Wildman–Crippen LogP) is 4.70. The molecule has 6 aromatic rings. The molecule has 4 heterocycles. The molecule has 55 heavy (non-hydrogen) atoms. The lowest BCUT2D eigenvalue weighted by Gasteiger charge is -2.37. The van der Waals surface area contributed by atoms with Crippen LogP contribution in [0.25, 0.3) is 16.8 Å². The van der Waals surface area contributed by atoms with E-state index in [2.05, 4.69) is 35.4 Å². The van der Waals surface area contributed by atoms with Crippen LogP contribution in [0.15, 0.2) is 103 Å². The Hall–Kier alpha value is -5.94. The summed E-state index contributed by atoms with van der Waals surface area (Å²) in [5, 5.41) is 36.0. The van der Waals surface area contributed by atoms with E-state index in [1.165, 1.54) is 27.8 Å². The number of anilines is 2. The smallest absolute Gasteiger partial charge is 0.350 e. The number of rotatable bonds is 12. The number of aliphatic hydroxyl groups excluding tert-OH is 1.